The zero-order valence-corrected chi connectivity index (χ0v) is 23.4. The molecule has 5 rings (SSSR count). The summed E-state index contributed by atoms with van der Waals surface area (Å²) >= 11 is 3.56. The summed E-state index contributed by atoms with van der Waals surface area (Å²) in [7, 11) is 1.65. The minimum Gasteiger partial charge on any atom is -0.504 e. The third-order valence-corrected chi connectivity index (χ3v) is 9.24. The molecule has 214 valence electrons. The van der Waals surface area contributed by atoms with Gasteiger partial charge >= 0.3 is 5.97 Å². The van der Waals surface area contributed by atoms with Gasteiger partial charge in [0.25, 0.3) is 11.8 Å². The number of phenols is 2. The number of nitrogen functional groups attached to an aromatic ring is 1. The number of thiazole rings is 1. The number of β-lactam (4-membered cyclic amide) rings is 1. The number of aromatic nitrogens is 5. The van der Waals surface area contributed by atoms with Crippen molar-refractivity contribution in [2.45, 2.75) is 22.6 Å². The minimum absolute atomic E-state index is 0.0474. The summed E-state index contributed by atoms with van der Waals surface area (Å²) in [5, 5.41) is 46.8. The van der Waals surface area contributed by atoms with E-state index in [-0.39, 0.29) is 33.6 Å². The van der Waals surface area contributed by atoms with E-state index in [9.17, 15) is 34.5 Å². The number of anilines is 1. The van der Waals surface area contributed by atoms with Crippen LogP contribution in [0.1, 0.15) is 22.1 Å². The normalized spacial score (nSPS) is 18.9. The van der Waals surface area contributed by atoms with Crippen molar-refractivity contribution in [3.05, 3.63) is 46.1 Å². The van der Waals surface area contributed by atoms with Crippen LogP contribution in [0.4, 0.5) is 5.13 Å². The summed E-state index contributed by atoms with van der Waals surface area (Å²) in [6.45, 7) is 0. The smallest absolute Gasteiger partial charge is 0.352 e. The predicted octanol–water partition coefficient (Wildman–Crippen LogP) is -0.338. The number of tetrazole rings is 1. The number of aliphatic carboxylic acids is 1. The number of fused-ring (bicyclic) bond motifs is 1. The largest absolute Gasteiger partial charge is 0.504 e. The van der Waals surface area contributed by atoms with E-state index in [1.165, 1.54) is 39.7 Å². The van der Waals surface area contributed by atoms with Crippen molar-refractivity contribution in [2.24, 2.45) is 7.05 Å². The molecule has 0 radical (unpaired) electrons. The van der Waals surface area contributed by atoms with Gasteiger partial charge in [0.1, 0.15) is 17.1 Å². The van der Waals surface area contributed by atoms with Crippen LogP contribution >= 0.6 is 34.9 Å². The fourth-order valence-electron chi connectivity index (χ4n) is 4.11. The molecule has 7 N–H and O–H groups in total. The van der Waals surface area contributed by atoms with Crippen molar-refractivity contribution in [1.82, 2.24) is 40.7 Å². The van der Waals surface area contributed by atoms with Gasteiger partial charge in [0.05, 0.1) is 5.69 Å². The summed E-state index contributed by atoms with van der Waals surface area (Å²) in [5.74, 6) is -3.87. The van der Waals surface area contributed by atoms with Gasteiger partial charge in [-0.05, 0) is 34.2 Å². The molecular formula is C22H21N9O7S3. The number of hydrogen-bond acceptors (Lipinski definition) is 14. The average Bonchev–Trinajstić information content (AvgIpc) is 3.56. The van der Waals surface area contributed by atoms with E-state index < -0.39 is 52.6 Å². The maximum Gasteiger partial charge on any atom is 0.352 e. The van der Waals surface area contributed by atoms with Crippen molar-refractivity contribution in [2.75, 3.05) is 17.2 Å². The molecule has 4 heterocycles. The Kier molecular flexibility index (Phi) is 7.74. The molecule has 1 fully saturated rings. The SMILES string of the molecule is Cn1nnnc1SCC1=C(C(=O)O)N2C(=O)[C@@H](NC(=O)C(NC(=O)c3ccc(O)c(O)c3)c3csc(N)n3)[C@H]2SC1. The van der Waals surface area contributed by atoms with Crippen LogP contribution in [0.5, 0.6) is 11.5 Å². The van der Waals surface area contributed by atoms with Crippen LogP contribution in [-0.4, -0.2) is 92.0 Å². The number of carbonyl (C=O) groups is 4. The number of benzene rings is 1. The molecule has 0 spiro atoms. The molecule has 0 bridgehead atoms. The highest BCUT2D eigenvalue weighted by molar-refractivity contribution is 8.01. The van der Waals surface area contributed by atoms with E-state index in [1.54, 1.807) is 7.05 Å². The Hall–Kier alpha value is -4.36. The second kappa shape index (κ2) is 11.3. The maximum absolute atomic E-state index is 13.4. The second-order valence-electron chi connectivity index (χ2n) is 8.75. The first kappa shape index (κ1) is 28.2. The Bertz CT molecular complexity index is 1590. The number of carboxylic acids is 1. The topological polar surface area (TPSA) is 239 Å². The highest BCUT2D eigenvalue weighted by Crippen LogP contribution is 2.41. The van der Waals surface area contributed by atoms with Gasteiger partial charge in [-0.2, -0.15) is 0 Å². The molecule has 3 atom stereocenters. The zero-order valence-electron chi connectivity index (χ0n) is 20.9. The number of phenolic OH excluding ortho intramolecular Hbond substituents is 2. The number of aryl methyl sites for hydroxylation is 1. The number of nitrogens with two attached hydrogens (primary N) is 1. The van der Waals surface area contributed by atoms with E-state index >= 15 is 0 Å². The van der Waals surface area contributed by atoms with Gasteiger partial charge in [-0.1, -0.05) is 11.8 Å². The average molecular weight is 620 g/mol. The molecule has 41 heavy (non-hydrogen) atoms. The first-order chi connectivity index (χ1) is 19.5. The van der Waals surface area contributed by atoms with Crippen molar-refractivity contribution >= 4 is 63.7 Å². The third kappa shape index (κ3) is 5.50. The van der Waals surface area contributed by atoms with Crippen molar-refractivity contribution in [1.29, 1.82) is 0 Å². The van der Waals surface area contributed by atoms with Crippen molar-refractivity contribution in [3.8, 4) is 11.5 Å². The summed E-state index contributed by atoms with van der Waals surface area (Å²) in [5.41, 5.74) is 6.14. The summed E-state index contributed by atoms with van der Waals surface area (Å²) < 4.78 is 1.44. The number of thioether (sulfide) groups is 2. The van der Waals surface area contributed by atoms with Crippen LogP contribution in [-0.2, 0) is 21.4 Å². The minimum atomic E-state index is -1.37. The molecule has 19 heteroatoms. The van der Waals surface area contributed by atoms with E-state index in [1.807, 2.05) is 0 Å². The highest BCUT2D eigenvalue weighted by Gasteiger charge is 2.54. The van der Waals surface area contributed by atoms with Crippen LogP contribution in [0, 0.1) is 0 Å². The quantitative estimate of drug-likeness (QED) is 0.102. The summed E-state index contributed by atoms with van der Waals surface area (Å²) in [6.07, 6.45) is 0. The van der Waals surface area contributed by atoms with Crippen LogP contribution in [0.15, 0.2) is 40.0 Å². The van der Waals surface area contributed by atoms with Crippen LogP contribution in [0.25, 0.3) is 0 Å². The Morgan fingerprint density at radius 2 is 2.05 bits per heavy atom. The van der Waals surface area contributed by atoms with Gasteiger partial charge < -0.3 is 31.7 Å². The number of rotatable bonds is 9. The molecular weight excluding hydrogens is 598 g/mol. The molecule has 1 unspecified atom stereocenters. The highest BCUT2D eigenvalue weighted by atomic mass is 32.2. The Morgan fingerprint density at radius 3 is 2.68 bits per heavy atom. The van der Waals surface area contributed by atoms with Crippen LogP contribution in [0.2, 0.25) is 0 Å². The standard InChI is InChI=1S/C22H21N9O7S3/c1-30-22(27-28-29-30)41-6-9-5-39-19-14(18(36)31(19)15(9)20(37)38)26-17(35)13(10-7-40-21(23)24-10)25-16(34)8-2-3-11(32)12(33)4-8/h2-4,7,13-14,19,32-33H,5-6H2,1H3,(H2,23,24)(H,25,34)(H,26,35)(H,37,38)/t13?,14-,19-/m1/s1. The van der Waals surface area contributed by atoms with Crippen LogP contribution < -0.4 is 16.4 Å². The van der Waals surface area contributed by atoms with Gasteiger partial charge in [-0.3, -0.25) is 19.3 Å². The lowest BCUT2D eigenvalue weighted by atomic mass is 10.0. The molecule has 2 aliphatic heterocycles. The fourth-order valence-corrected chi connectivity index (χ4v) is 7.04. The number of hydrogen-bond donors (Lipinski definition) is 6. The lowest BCUT2D eigenvalue weighted by Crippen LogP contribution is -2.71. The predicted molar refractivity (Wildman–Crippen MR) is 146 cm³/mol. The fraction of sp³-hybridized carbons (Fsp3) is 0.273. The molecule has 0 aliphatic carbocycles. The number of nitrogens with one attached hydrogen (secondary N) is 2. The summed E-state index contributed by atoms with van der Waals surface area (Å²) in [4.78, 5) is 56.8. The Labute approximate surface area is 243 Å². The van der Waals surface area contributed by atoms with Gasteiger partial charge in [0.2, 0.25) is 11.1 Å². The molecule has 2 aliphatic rings. The lowest BCUT2D eigenvalue weighted by Gasteiger charge is -2.49. The van der Waals surface area contributed by atoms with E-state index in [2.05, 4.69) is 31.1 Å². The first-order valence-electron chi connectivity index (χ1n) is 11.6. The zero-order chi connectivity index (χ0) is 29.4. The van der Waals surface area contributed by atoms with Gasteiger partial charge in [0.15, 0.2) is 22.7 Å². The lowest BCUT2D eigenvalue weighted by molar-refractivity contribution is -0.151. The summed E-state index contributed by atoms with van der Waals surface area (Å²) in [6, 6.07) is 0.956. The second-order valence-corrected chi connectivity index (χ2v) is 11.7. The van der Waals surface area contributed by atoms with Crippen LogP contribution in [0.3, 0.4) is 0 Å². The number of nitrogens with zero attached hydrogens (tertiary/aromatic N) is 6. The number of carboxylic acid groups (broad SMARTS) is 1. The van der Waals surface area contributed by atoms with Gasteiger partial charge in [-0.15, -0.1) is 28.2 Å². The van der Waals surface area contributed by atoms with E-state index in [0.717, 1.165) is 28.4 Å². The molecule has 2 aromatic heterocycles. The number of amides is 3. The molecule has 3 amide bonds. The number of carbonyl (C=O) groups excluding carboxylic acids is 3. The monoisotopic (exact) mass is 619 g/mol. The Morgan fingerprint density at radius 1 is 1.27 bits per heavy atom. The molecule has 1 aromatic carbocycles. The molecule has 16 nitrogen and oxygen atoms in total. The third-order valence-electron chi connectivity index (χ3n) is 6.12. The van der Waals surface area contributed by atoms with Crippen molar-refractivity contribution < 1.29 is 34.5 Å². The van der Waals surface area contributed by atoms with Gasteiger partial charge in [-0.25, -0.2) is 14.5 Å². The Balaban J connectivity index is 1.32. The van der Waals surface area contributed by atoms with E-state index in [0.29, 0.717) is 10.7 Å². The van der Waals surface area contributed by atoms with E-state index in [4.69, 9.17) is 5.73 Å². The maximum atomic E-state index is 13.4. The number of aromatic hydroxyl groups is 2. The van der Waals surface area contributed by atoms with Crippen molar-refractivity contribution in [3.63, 3.8) is 0 Å². The first-order valence-corrected chi connectivity index (χ1v) is 14.6. The molecule has 0 saturated carbocycles. The molecule has 3 aromatic rings. The van der Waals surface area contributed by atoms with Gasteiger partial charge in [0, 0.05) is 29.5 Å². The molecule has 1 saturated heterocycles.